The number of nitrogens with zero attached hydrogens (tertiary/aromatic N) is 1. The molecule has 5 aliphatic rings. The van der Waals surface area contributed by atoms with Gasteiger partial charge in [0.1, 0.15) is 0 Å². The van der Waals surface area contributed by atoms with Crippen LogP contribution in [0, 0.1) is 17.3 Å². The van der Waals surface area contributed by atoms with Crippen molar-refractivity contribution in [3.05, 3.63) is 0 Å². The van der Waals surface area contributed by atoms with Gasteiger partial charge < -0.3 is 9.64 Å². The lowest BCUT2D eigenvalue weighted by molar-refractivity contribution is -0.157. The van der Waals surface area contributed by atoms with Crippen LogP contribution in [0.2, 0.25) is 0 Å². The molecule has 1 saturated heterocycles. The van der Waals surface area contributed by atoms with E-state index in [1.807, 2.05) is 4.90 Å². The van der Waals surface area contributed by atoms with Gasteiger partial charge in [0.05, 0.1) is 6.42 Å². The molecule has 0 aromatic rings. The molecule has 5 rings (SSSR count). The number of halogens is 1. The molecule has 5 fully saturated rings. The predicted octanol–water partition coefficient (Wildman–Crippen LogP) is 3.28. The van der Waals surface area contributed by atoms with Crippen molar-refractivity contribution in [3.63, 3.8) is 0 Å². The van der Waals surface area contributed by atoms with E-state index in [-0.39, 0.29) is 28.2 Å². The second kappa shape index (κ2) is 5.75. The largest absolute Gasteiger partial charge is 0.456 e. The van der Waals surface area contributed by atoms with Crippen LogP contribution in [0.1, 0.15) is 57.8 Å². The maximum atomic E-state index is 12.3. The van der Waals surface area contributed by atoms with Gasteiger partial charge in [-0.25, -0.2) is 0 Å². The van der Waals surface area contributed by atoms with Gasteiger partial charge in [0.25, 0.3) is 5.91 Å². The fraction of sp³-hybridized carbons (Fsp3) is 0.889. The lowest BCUT2D eigenvalue weighted by atomic mass is 9.49. The summed E-state index contributed by atoms with van der Waals surface area (Å²) in [6.07, 6.45) is 9.97. The summed E-state index contributed by atoms with van der Waals surface area (Å²) in [7, 11) is 0. The topological polar surface area (TPSA) is 46.6 Å². The van der Waals surface area contributed by atoms with Crippen LogP contribution in [0.4, 0.5) is 0 Å². The van der Waals surface area contributed by atoms with Crippen LogP contribution < -0.4 is 0 Å². The van der Waals surface area contributed by atoms with Gasteiger partial charge in [-0.05, 0) is 68.6 Å². The zero-order valence-corrected chi connectivity index (χ0v) is 15.3. The Balaban J connectivity index is 1.33. The minimum atomic E-state index is -0.171. The van der Waals surface area contributed by atoms with Gasteiger partial charge in [0.15, 0.2) is 6.61 Å². The average Bonchev–Trinajstić information content (AvgIpc) is 2.95. The van der Waals surface area contributed by atoms with E-state index < -0.39 is 0 Å². The first kappa shape index (κ1) is 15.9. The second-order valence-electron chi connectivity index (χ2n) is 8.54. The molecular formula is C18H26BrNO3. The Morgan fingerprint density at radius 1 is 1.09 bits per heavy atom. The minimum Gasteiger partial charge on any atom is -0.456 e. The number of ether oxygens (including phenoxy) is 1. The molecule has 4 nitrogen and oxygen atoms in total. The molecule has 0 aromatic heterocycles. The summed E-state index contributed by atoms with van der Waals surface area (Å²) < 4.78 is 5.61. The molecule has 4 bridgehead atoms. The molecule has 1 amide bonds. The Labute approximate surface area is 146 Å². The van der Waals surface area contributed by atoms with E-state index in [0.717, 1.165) is 44.2 Å². The molecule has 1 aliphatic heterocycles. The van der Waals surface area contributed by atoms with E-state index in [1.165, 1.54) is 32.1 Å². The molecule has 2 atom stereocenters. The first-order valence-corrected chi connectivity index (χ1v) is 9.87. The lowest BCUT2D eigenvalue weighted by Gasteiger charge is -2.60. The monoisotopic (exact) mass is 383 g/mol. The number of carbonyl (C=O) groups excluding carboxylic acids is 2. The van der Waals surface area contributed by atoms with Crippen molar-refractivity contribution in [1.29, 1.82) is 0 Å². The fourth-order valence-corrected chi connectivity index (χ4v) is 7.61. The van der Waals surface area contributed by atoms with E-state index >= 15 is 0 Å². The number of esters is 1. The normalized spacial score (nSPS) is 41.3. The molecule has 4 aliphatic carbocycles. The molecular weight excluding hydrogens is 358 g/mol. The molecule has 1 heterocycles. The SMILES string of the molecule is O=C(CC12CC3CC(CC(Br)(C3)C1)C2)OCC(=O)N1CCCC1. The highest BCUT2D eigenvalue weighted by atomic mass is 79.9. The van der Waals surface area contributed by atoms with Gasteiger partial charge >= 0.3 is 5.97 Å². The highest BCUT2D eigenvalue weighted by Crippen LogP contribution is 2.65. The molecule has 0 radical (unpaired) electrons. The Morgan fingerprint density at radius 3 is 2.35 bits per heavy atom. The maximum Gasteiger partial charge on any atom is 0.306 e. The predicted molar refractivity (Wildman–Crippen MR) is 90.2 cm³/mol. The molecule has 4 saturated carbocycles. The van der Waals surface area contributed by atoms with E-state index in [2.05, 4.69) is 15.9 Å². The Bertz CT molecular complexity index is 500. The van der Waals surface area contributed by atoms with Crippen molar-refractivity contribution < 1.29 is 14.3 Å². The summed E-state index contributed by atoms with van der Waals surface area (Å²) in [6, 6.07) is 0. The smallest absolute Gasteiger partial charge is 0.306 e. The lowest BCUT2D eigenvalue weighted by Crippen LogP contribution is -2.53. The number of carbonyl (C=O) groups is 2. The Kier molecular flexibility index (Phi) is 3.98. The van der Waals surface area contributed by atoms with Gasteiger partial charge in [0, 0.05) is 17.4 Å². The molecule has 0 spiro atoms. The molecule has 0 N–H and O–H groups in total. The third-order valence-electron chi connectivity index (χ3n) is 6.45. The zero-order valence-electron chi connectivity index (χ0n) is 13.7. The molecule has 128 valence electrons. The molecule has 0 aromatic carbocycles. The van der Waals surface area contributed by atoms with Crippen LogP contribution >= 0.6 is 15.9 Å². The molecule has 5 heteroatoms. The molecule has 2 unspecified atom stereocenters. The number of likely N-dealkylation sites (tertiary alicyclic amines) is 1. The Hall–Kier alpha value is -0.580. The minimum absolute atomic E-state index is 0.0293. The fourth-order valence-electron chi connectivity index (χ4n) is 6.10. The van der Waals surface area contributed by atoms with Gasteiger partial charge in [0.2, 0.25) is 0 Å². The van der Waals surface area contributed by atoms with Crippen molar-refractivity contribution in [1.82, 2.24) is 4.90 Å². The summed E-state index contributed by atoms with van der Waals surface area (Å²) in [5.41, 5.74) is 0.126. The maximum absolute atomic E-state index is 12.3. The van der Waals surface area contributed by atoms with Gasteiger partial charge in [-0.2, -0.15) is 0 Å². The van der Waals surface area contributed by atoms with Crippen LogP contribution in [0.15, 0.2) is 0 Å². The van der Waals surface area contributed by atoms with Crippen LogP contribution in [0.5, 0.6) is 0 Å². The number of alkyl halides is 1. The van der Waals surface area contributed by atoms with Crippen molar-refractivity contribution >= 4 is 27.8 Å². The van der Waals surface area contributed by atoms with Crippen molar-refractivity contribution in [3.8, 4) is 0 Å². The first-order chi connectivity index (χ1) is 11.0. The first-order valence-electron chi connectivity index (χ1n) is 9.08. The van der Waals surface area contributed by atoms with Crippen LogP contribution in [-0.4, -0.2) is 40.8 Å². The average molecular weight is 384 g/mol. The summed E-state index contributed by atoms with van der Waals surface area (Å²) in [5.74, 6) is 1.35. The zero-order chi connectivity index (χ0) is 16.1. The van der Waals surface area contributed by atoms with E-state index in [1.54, 1.807) is 0 Å². The van der Waals surface area contributed by atoms with Gasteiger partial charge in [-0.1, -0.05) is 15.9 Å². The second-order valence-corrected chi connectivity index (χ2v) is 10.2. The standard InChI is InChI=1S/C18H26BrNO3/c19-18-8-13-5-14(9-18)7-17(6-13,12-18)10-16(22)23-11-15(21)20-3-1-2-4-20/h13-14H,1-12H2. The van der Waals surface area contributed by atoms with Crippen LogP contribution in [-0.2, 0) is 14.3 Å². The van der Waals surface area contributed by atoms with Crippen LogP contribution in [0.3, 0.4) is 0 Å². The van der Waals surface area contributed by atoms with Crippen LogP contribution in [0.25, 0.3) is 0 Å². The van der Waals surface area contributed by atoms with Gasteiger partial charge in [-0.3, -0.25) is 9.59 Å². The van der Waals surface area contributed by atoms with Gasteiger partial charge in [-0.15, -0.1) is 0 Å². The quantitative estimate of drug-likeness (QED) is 0.552. The summed E-state index contributed by atoms with van der Waals surface area (Å²) in [6.45, 7) is 1.56. The van der Waals surface area contributed by atoms with E-state index in [9.17, 15) is 9.59 Å². The Morgan fingerprint density at radius 2 is 1.74 bits per heavy atom. The van der Waals surface area contributed by atoms with Crippen molar-refractivity contribution in [2.75, 3.05) is 19.7 Å². The third kappa shape index (κ3) is 3.18. The number of hydrogen-bond donors (Lipinski definition) is 0. The van der Waals surface area contributed by atoms with E-state index in [0.29, 0.717) is 6.42 Å². The third-order valence-corrected chi connectivity index (χ3v) is 7.37. The molecule has 23 heavy (non-hydrogen) atoms. The number of amides is 1. The number of rotatable bonds is 4. The highest BCUT2D eigenvalue weighted by molar-refractivity contribution is 9.10. The highest BCUT2D eigenvalue weighted by Gasteiger charge is 2.57. The summed E-state index contributed by atoms with van der Waals surface area (Å²) in [5, 5.41) is 0. The summed E-state index contributed by atoms with van der Waals surface area (Å²) in [4.78, 5) is 26.2. The van der Waals surface area contributed by atoms with Crippen molar-refractivity contribution in [2.45, 2.75) is 62.1 Å². The van der Waals surface area contributed by atoms with E-state index in [4.69, 9.17) is 4.74 Å². The summed E-state index contributed by atoms with van der Waals surface area (Å²) >= 11 is 3.98. The van der Waals surface area contributed by atoms with Crippen molar-refractivity contribution in [2.24, 2.45) is 17.3 Å². The number of hydrogen-bond acceptors (Lipinski definition) is 3.